The minimum Gasteiger partial charge on any atom is -0.468 e. The molecule has 4 atom stereocenters. The zero-order valence-electron chi connectivity index (χ0n) is 16.6. The Morgan fingerprint density at radius 3 is 2.50 bits per heavy atom. The summed E-state index contributed by atoms with van der Waals surface area (Å²) in [5.41, 5.74) is -1.57. The average Bonchev–Trinajstić information content (AvgIpc) is 2.55. The molecule has 3 rings (SSSR count). The molecule has 0 radical (unpaired) electrons. The number of carbonyl (C=O) groups excluding carboxylic acids is 2. The van der Waals surface area contributed by atoms with Crippen LogP contribution < -0.4 is 0 Å². The number of hydrogen-bond donors (Lipinski definition) is 0. The SMILES string of the molecule is COC(=O)[C@@]12C=C[C@@H](OC1=O)[C@H](CCCCF)[C@@H]2O[Si](C)(C)C(C)(C)C. The molecule has 5 nitrogen and oxygen atoms in total. The molecule has 2 aliphatic heterocycles. The van der Waals surface area contributed by atoms with Gasteiger partial charge in [0, 0.05) is 5.92 Å². The molecule has 0 aromatic rings. The third-order valence-corrected chi connectivity index (χ3v) is 10.5. The standard InChI is InChI=1S/C19H31FO5Si/c1-18(2,3)26(5,6)25-15-13(9-7-8-12-20)14-10-11-19(15,16(21)23-4)17(22)24-14/h10-11,13-15H,7-9,12H2,1-6H3/t13-,14+,15-,19-/m0/s1. The number of esters is 2. The summed E-state index contributed by atoms with van der Waals surface area (Å²) in [5.74, 6) is -1.45. The third-order valence-electron chi connectivity index (χ3n) is 6.06. The molecule has 26 heavy (non-hydrogen) atoms. The van der Waals surface area contributed by atoms with Crippen molar-refractivity contribution >= 4 is 20.3 Å². The van der Waals surface area contributed by atoms with Crippen LogP contribution in [0.4, 0.5) is 4.39 Å². The van der Waals surface area contributed by atoms with Crippen molar-refractivity contribution in [3.63, 3.8) is 0 Å². The maximum atomic E-state index is 12.7. The maximum absolute atomic E-state index is 12.7. The predicted octanol–water partition coefficient (Wildman–Crippen LogP) is 3.79. The van der Waals surface area contributed by atoms with E-state index in [9.17, 15) is 14.0 Å². The minimum absolute atomic E-state index is 0.0852. The van der Waals surface area contributed by atoms with E-state index in [0.717, 1.165) is 0 Å². The number of rotatable bonds is 7. The topological polar surface area (TPSA) is 61.8 Å². The number of hydrogen-bond acceptors (Lipinski definition) is 5. The highest BCUT2D eigenvalue weighted by Gasteiger charge is 2.65. The van der Waals surface area contributed by atoms with Gasteiger partial charge < -0.3 is 13.9 Å². The number of methoxy groups -OCH3 is 1. The Balaban J connectivity index is 2.45. The highest BCUT2D eigenvalue weighted by Crippen LogP contribution is 2.50. The number of fused-ring (bicyclic) bond motifs is 2. The second-order valence-electron chi connectivity index (χ2n) is 8.74. The summed E-state index contributed by atoms with van der Waals surface area (Å²) in [4.78, 5) is 25.4. The van der Waals surface area contributed by atoms with Gasteiger partial charge in [0.05, 0.1) is 19.9 Å². The van der Waals surface area contributed by atoms with Gasteiger partial charge in [0.25, 0.3) is 0 Å². The zero-order valence-corrected chi connectivity index (χ0v) is 17.6. The van der Waals surface area contributed by atoms with Crippen molar-refractivity contribution in [1.29, 1.82) is 0 Å². The Morgan fingerprint density at radius 1 is 1.35 bits per heavy atom. The molecule has 2 heterocycles. The van der Waals surface area contributed by atoms with E-state index in [4.69, 9.17) is 13.9 Å². The van der Waals surface area contributed by atoms with Crippen LogP contribution in [0.5, 0.6) is 0 Å². The van der Waals surface area contributed by atoms with Gasteiger partial charge in [-0.2, -0.15) is 0 Å². The first-order valence-corrected chi connectivity index (χ1v) is 12.1. The summed E-state index contributed by atoms with van der Waals surface area (Å²) < 4.78 is 29.7. The predicted molar refractivity (Wildman–Crippen MR) is 98.9 cm³/mol. The van der Waals surface area contributed by atoms with Crippen LogP contribution in [0.2, 0.25) is 18.1 Å². The van der Waals surface area contributed by atoms with Crippen LogP contribution in [0.25, 0.3) is 0 Å². The van der Waals surface area contributed by atoms with Crippen molar-refractivity contribution < 1.29 is 27.9 Å². The highest BCUT2D eigenvalue weighted by molar-refractivity contribution is 6.74. The normalized spacial score (nSPS) is 31.0. The van der Waals surface area contributed by atoms with Crippen molar-refractivity contribution in [2.45, 2.75) is 70.4 Å². The number of unbranched alkanes of at least 4 members (excludes halogenated alkanes) is 1. The molecule has 1 saturated heterocycles. The fourth-order valence-electron chi connectivity index (χ4n) is 3.43. The lowest BCUT2D eigenvalue weighted by Crippen LogP contribution is -2.65. The Kier molecular flexibility index (Phi) is 6.02. The van der Waals surface area contributed by atoms with Crippen molar-refractivity contribution in [2.75, 3.05) is 13.8 Å². The fraction of sp³-hybridized carbons (Fsp3) is 0.789. The van der Waals surface area contributed by atoms with E-state index in [0.29, 0.717) is 19.3 Å². The van der Waals surface area contributed by atoms with Crippen molar-refractivity contribution in [2.24, 2.45) is 11.3 Å². The Bertz CT molecular complexity index is 583. The summed E-state index contributed by atoms with van der Waals surface area (Å²) in [5, 5.41) is -0.0852. The highest BCUT2D eigenvalue weighted by atomic mass is 28.4. The quantitative estimate of drug-likeness (QED) is 0.219. The summed E-state index contributed by atoms with van der Waals surface area (Å²) in [6.45, 7) is 10.1. The van der Waals surface area contributed by atoms with E-state index in [1.54, 1.807) is 12.2 Å². The van der Waals surface area contributed by atoms with E-state index >= 15 is 0 Å². The van der Waals surface area contributed by atoms with Gasteiger partial charge in [-0.3, -0.25) is 14.0 Å². The molecule has 0 spiro atoms. The molecule has 2 bridgehead atoms. The summed E-state index contributed by atoms with van der Waals surface area (Å²) >= 11 is 0. The van der Waals surface area contributed by atoms with Crippen LogP contribution >= 0.6 is 0 Å². The van der Waals surface area contributed by atoms with E-state index in [2.05, 4.69) is 33.9 Å². The molecular formula is C19H31FO5Si. The first kappa shape index (κ1) is 21.1. The summed E-state index contributed by atoms with van der Waals surface area (Å²) in [6, 6.07) is 0. The van der Waals surface area contributed by atoms with Gasteiger partial charge in [-0.15, -0.1) is 0 Å². The largest absolute Gasteiger partial charge is 0.468 e. The maximum Gasteiger partial charge on any atom is 0.330 e. The molecule has 7 heteroatoms. The number of carbonyl (C=O) groups is 2. The van der Waals surface area contributed by atoms with Gasteiger partial charge in [0.1, 0.15) is 6.10 Å². The van der Waals surface area contributed by atoms with Crippen LogP contribution in [0.3, 0.4) is 0 Å². The molecule has 3 aliphatic rings. The zero-order chi connectivity index (χ0) is 19.8. The van der Waals surface area contributed by atoms with Gasteiger partial charge in [-0.25, -0.2) is 0 Å². The average molecular weight is 387 g/mol. The smallest absolute Gasteiger partial charge is 0.330 e. The third kappa shape index (κ3) is 3.48. The fourth-order valence-corrected chi connectivity index (χ4v) is 4.78. The molecule has 1 fully saturated rings. The second kappa shape index (κ2) is 7.42. The number of halogens is 1. The monoisotopic (exact) mass is 386 g/mol. The van der Waals surface area contributed by atoms with E-state index < -0.39 is 37.9 Å². The van der Waals surface area contributed by atoms with Crippen LogP contribution in [-0.2, 0) is 23.5 Å². The molecule has 0 N–H and O–H groups in total. The molecule has 0 aromatic heterocycles. The van der Waals surface area contributed by atoms with Crippen LogP contribution in [0.15, 0.2) is 12.2 Å². The minimum atomic E-state index is -2.28. The van der Waals surface area contributed by atoms with Crippen LogP contribution in [0.1, 0.15) is 40.0 Å². The van der Waals surface area contributed by atoms with E-state index in [-0.39, 0.29) is 17.6 Å². The summed E-state index contributed by atoms with van der Waals surface area (Å²) in [6.07, 6.45) is 3.99. The van der Waals surface area contributed by atoms with Gasteiger partial charge >= 0.3 is 11.9 Å². The lowest BCUT2D eigenvalue weighted by Gasteiger charge is -2.52. The first-order chi connectivity index (χ1) is 12.0. The Morgan fingerprint density at radius 2 is 2.00 bits per heavy atom. The van der Waals surface area contributed by atoms with Gasteiger partial charge in [-0.1, -0.05) is 33.3 Å². The second-order valence-corrected chi connectivity index (χ2v) is 13.5. The molecule has 0 unspecified atom stereocenters. The lowest BCUT2D eigenvalue weighted by atomic mass is 9.66. The van der Waals surface area contributed by atoms with E-state index in [1.807, 2.05) is 0 Å². The van der Waals surface area contributed by atoms with Gasteiger partial charge in [0.15, 0.2) is 8.32 Å². The number of alkyl halides is 1. The first-order valence-electron chi connectivity index (χ1n) is 9.24. The Labute approximate surface area is 156 Å². The lowest BCUT2D eigenvalue weighted by molar-refractivity contribution is -0.198. The molecule has 0 saturated carbocycles. The van der Waals surface area contributed by atoms with Gasteiger partial charge in [-0.05, 0) is 37.0 Å². The summed E-state index contributed by atoms with van der Waals surface area (Å²) in [7, 11) is -1.01. The van der Waals surface area contributed by atoms with Crippen LogP contribution in [0, 0.1) is 11.3 Å². The van der Waals surface area contributed by atoms with Crippen molar-refractivity contribution in [1.82, 2.24) is 0 Å². The van der Waals surface area contributed by atoms with Crippen molar-refractivity contribution in [3.8, 4) is 0 Å². The molecule has 0 amide bonds. The van der Waals surface area contributed by atoms with Gasteiger partial charge in [0.2, 0.25) is 5.41 Å². The molecular weight excluding hydrogens is 355 g/mol. The Hall–Kier alpha value is -1.21. The molecule has 1 aliphatic carbocycles. The molecule has 148 valence electrons. The van der Waals surface area contributed by atoms with Crippen molar-refractivity contribution in [3.05, 3.63) is 12.2 Å². The number of ether oxygens (including phenoxy) is 2. The molecule has 0 aromatic carbocycles. The van der Waals surface area contributed by atoms with Crippen LogP contribution in [-0.4, -0.2) is 46.2 Å². The van der Waals surface area contributed by atoms with E-state index in [1.165, 1.54) is 7.11 Å².